The molecule has 0 radical (unpaired) electrons. The lowest BCUT2D eigenvalue weighted by Gasteiger charge is -2.36. The molecule has 1 saturated heterocycles. The number of benzene rings is 2. The molecular weight excluding hydrogens is 655 g/mol. The monoisotopic (exact) mass is 697 g/mol. The predicted molar refractivity (Wildman–Crippen MR) is 182 cm³/mol. The molecule has 3 aromatic rings. The molecule has 0 aliphatic carbocycles. The first-order valence-electron chi connectivity index (χ1n) is 15.2. The Morgan fingerprint density at radius 2 is 1.89 bits per heavy atom. The minimum absolute atomic E-state index is 0. The van der Waals surface area contributed by atoms with Crippen LogP contribution in [0.3, 0.4) is 0 Å². The Bertz CT molecular complexity index is 1560. The van der Waals surface area contributed by atoms with Crippen LogP contribution in [0, 0.1) is 17.0 Å². The van der Waals surface area contributed by atoms with E-state index in [0.717, 1.165) is 6.07 Å². The van der Waals surface area contributed by atoms with Crippen LogP contribution in [0.25, 0.3) is 10.9 Å². The number of amides is 2. The number of halogens is 4. The Morgan fingerprint density at radius 1 is 1.15 bits per heavy atom. The maximum Gasteiger partial charge on any atom is 0.247 e. The van der Waals surface area contributed by atoms with Gasteiger partial charge >= 0.3 is 0 Å². The van der Waals surface area contributed by atoms with E-state index in [9.17, 15) is 18.4 Å². The molecule has 0 bridgehead atoms. The number of fused-ring (bicyclic) bond motifs is 1. The van der Waals surface area contributed by atoms with E-state index in [-0.39, 0.29) is 48.4 Å². The predicted octanol–water partition coefficient (Wildman–Crippen LogP) is 5.29. The summed E-state index contributed by atoms with van der Waals surface area (Å²) in [5, 5.41) is 12.1. The third-order valence-electron chi connectivity index (χ3n) is 7.90. The van der Waals surface area contributed by atoms with Crippen LogP contribution in [0.1, 0.15) is 40.5 Å². The third kappa shape index (κ3) is 9.17. The number of carbonyl (C=O) groups excluding carboxylic acids is 2. The standard InChI is InChI=1S/C32H42ClF2N7O4.ClH/c1-18(36-5)16-37-28(32(2,3)4)31(44)42-11-7-8-24(42)30(43)41-23-14-19-22(15-25(23)46-13-12-45-6)38-17-39-29(19)40-21-10-9-20(34)26(33)27(21)35;/h9-10,14-15,17-18,24,28,36-37H,7-8,11-13,16H2,1-6H3,(H,41,43)(H,38,39,40);1H/t18-,24-,28+;/m0./s1. The quantitative estimate of drug-likeness (QED) is 0.139. The summed E-state index contributed by atoms with van der Waals surface area (Å²) < 4.78 is 39.6. The fourth-order valence-electron chi connectivity index (χ4n) is 5.23. The summed E-state index contributed by atoms with van der Waals surface area (Å²) in [4.78, 5) is 38.0. The highest BCUT2D eigenvalue weighted by molar-refractivity contribution is 6.31. The molecular formula is C32H43Cl2F2N7O4. The van der Waals surface area contributed by atoms with Crippen LogP contribution in [0.2, 0.25) is 5.02 Å². The molecule has 1 aliphatic heterocycles. The molecule has 1 aromatic heterocycles. The number of rotatable bonds is 13. The Morgan fingerprint density at radius 3 is 2.57 bits per heavy atom. The Balaban J connectivity index is 0.00000600. The van der Waals surface area contributed by atoms with Gasteiger partial charge in [-0.2, -0.15) is 0 Å². The number of aromatic nitrogens is 2. The minimum atomic E-state index is -0.976. The summed E-state index contributed by atoms with van der Waals surface area (Å²) in [7, 11) is 3.41. The average Bonchev–Trinajstić information content (AvgIpc) is 3.51. The number of likely N-dealkylation sites (N-methyl/N-ethyl adjacent to an activating group) is 1. The van der Waals surface area contributed by atoms with E-state index in [1.54, 1.807) is 24.1 Å². The number of hydrogen-bond donors (Lipinski definition) is 4. The van der Waals surface area contributed by atoms with Gasteiger partial charge in [0.15, 0.2) is 5.82 Å². The molecule has 47 heavy (non-hydrogen) atoms. The van der Waals surface area contributed by atoms with E-state index >= 15 is 0 Å². The smallest absolute Gasteiger partial charge is 0.247 e. The van der Waals surface area contributed by atoms with Crippen molar-refractivity contribution in [3.8, 4) is 5.75 Å². The average molecular weight is 699 g/mol. The second-order valence-corrected chi connectivity index (χ2v) is 12.7. The first-order chi connectivity index (χ1) is 21.8. The summed E-state index contributed by atoms with van der Waals surface area (Å²) >= 11 is 5.78. The van der Waals surface area contributed by atoms with Gasteiger partial charge in [-0.1, -0.05) is 32.4 Å². The zero-order valence-electron chi connectivity index (χ0n) is 27.4. The SMILES string of the molecule is CN[C@@H](C)CN[C@H](C(=O)N1CCC[C@H]1C(=O)Nc1cc2c(Nc3ccc(F)c(Cl)c3F)ncnc2cc1OCCOC)C(C)(C)C.Cl. The highest BCUT2D eigenvalue weighted by atomic mass is 35.5. The minimum Gasteiger partial charge on any atom is -0.489 e. The maximum absolute atomic E-state index is 14.7. The lowest BCUT2D eigenvalue weighted by atomic mass is 9.85. The molecule has 0 unspecified atom stereocenters. The summed E-state index contributed by atoms with van der Waals surface area (Å²) in [6.07, 6.45) is 2.45. The van der Waals surface area contributed by atoms with Gasteiger partial charge in [-0.05, 0) is 50.4 Å². The number of nitrogens with zero attached hydrogens (tertiary/aromatic N) is 3. The van der Waals surface area contributed by atoms with E-state index in [2.05, 4.69) is 31.2 Å². The van der Waals surface area contributed by atoms with Crippen LogP contribution in [-0.2, 0) is 14.3 Å². The van der Waals surface area contributed by atoms with Crippen LogP contribution < -0.4 is 26.0 Å². The molecule has 258 valence electrons. The summed E-state index contributed by atoms with van der Waals surface area (Å²) in [5.41, 5.74) is 0.247. The molecule has 4 rings (SSSR count). The van der Waals surface area contributed by atoms with Crippen LogP contribution in [0.15, 0.2) is 30.6 Å². The van der Waals surface area contributed by atoms with E-state index in [1.807, 2.05) is 34.7 Å². The van der Waals surface area contributed by atoms with Gasteiger partial charge in [0.2, 0.25) is 11.8 Å². The van der Waals surface area contributed by atoms with Crippen molar-refractivity contribution in [3.63, 3.8) is 0 Å². The highest BCUT2D eigenvalue weighted by Crippen LogP contribution is 2.35. The van der Waals surface area contributed by atoms with E-state index in [1.165, 1.54) is 12.4 Å². The number of likely N-dealkylation sites (tertiary alicyclic amines) is 1. The van der Waals surface area contributed by atoms with E-state index < -0.39 is 34.2 Å². The molecule has 2 aromatic carbocycles. The fourth-order valence-corrected chi connectivity index (χ4v) is 5.40. The van der Waals surface area contributed by atoms with Crippen molar-refractivity contribution < 1.29 is 27.8 Å². The van der Waals surface area contributed by atoms with Crippen molar-refractivity contribution >= 4 is 63.9 Å². The lowest BCUT2D eigenvalue weighted by molar-refractivity contribution is -0.140. The number of carbonyl (C=O) groups is 2. The van der Waals surface area contributed by atoms with Crippen molar-refractivity contribution in [1.29, 1.82) is 0 Å². The zero-order chi connectivity index (χ0) is 33.6. The van der Waals surface area contributed by atoms with Crippen molar-refractivity contribution in [3.05, 3.63) is 47.2 Å². The Hall–Kier alpha value is -3.36. The van der Waals surface area contributed by atoms with Crippen LogP contribution in [0.4, 0.5) is 26.0 Å². The summed E-state index contributed by atoms with van der Waals surface area (Å²) in [5.74, 6) is -1.86. The van der Waals surface area contributed by atoms with Crippen molar-refractivity contribution in [2.75, 3.05) is 51.1 Å². The molecule has 0 spiro atoms. The summed E-state index contributed by atoms with van der Waals surface area (Å²) in [6, 6.07) is 4.43. The number of methoxy groups -OCH3 is 1. The number of hydrogen-bond acceptors (Lipinski definition) is 9. The van der Waals surface area contributed by atoms with Crippen LogP contribution in [0.5, 0.6) is 5.75 Å². The Labute approximate surface area is 284 Å². The molecule has 1 fully saturated rings. The molecule has 0 saturated carbocycles. The van der Waals surface area contributed by atoms with Gasteiger partial charge in [-0.25, -0.2) is 18.7 Å². The number of anilines is 3. The summed E-state index contributed by atoms with van der Waals surface area (Å²) in [6.45, 7) is 9.54. The first-order valence-corrected chi connectivity index (χ1v) is 15.6. The normalized spacial score (nSPS) is 16.0. The van der Waals surface area contributed by atoms with Crippen molar-refractivity contribution in [2.24, 2.45) is 5.41 Å². The lowest BCUT2D eigenvalue weighted by Crippen LogP contribution is -2.57. The zero-order valence-corrected chi connectivity index (χ0v) is 29.0. The Kier molecular flexibility index (Phi) is 13.5. The molecule has 1 aliphatic rings. The van der Waals surface area contributed by atoms with Crippen molar-refractivity contribution in [2.45, 2.75) is 58.7 Å². The van der Waals surface area contributed by atoms with Gasteiger partial charge < -0.3 is 35.6 Å². The second-order valence-electron chi connectivity index (χ2n) is 12.4. The van der Waals surface area contributed by atoms with Gasteiger partial charge in [0.1, 0.15) is 41.4 Å². The fraction of sp³-hybridized carbons (Fsp3) is 0.500. The topological polar surface area (TPSA) is 130 Å². The van der Waals surface area contributed by atoms with E-state index in [0.29, 0.717) is 54.9 Å². The largest absolute Gasteiger partial charge is 0.489 e. The molecule has 2 amide bonds. The molecule has 2 heterocycles. The van der Waals surface area contributed by atoms with Gasteiger partial charge in [0.25, 0.3) is 0 Å². The third-order valence-corrected chi connectivity index (χ3v) is 8.25. The molecule has 3 atom stereocenters. The maximum atomic E-state index is 14.7. The molecule has 4 N–H and O–H groups in total. The second kappa shape index (κ2) is 16.6. The molecule has 11 nitrogen and oxygen atoms in total. The van der Waals surface area contributed by atoms with E-state index in [4.69, 9.17) is 21.1 Å². The van der Waals surface area contributed by atoms with Gasteiger partial charge in [-0.3, -0.25) is 9.59 Å². The van der Waals surface area contributed by atoms with Gasteiger partial charge in [0, 0.05) is 37.7 Å². The van der Waals surface area contributed by atoms with Crippen molar-refractivity contribution in [1.82, 2.24) is 25.5 Å². The number of ether oxygens (including phenoxy) is 2. The van der Waals surface area contributed by atoms with Crippen LogP contribution >= 0.6 is 24.0 Å². The van der Waals surface area contributed by atoms with Crippen LogP contribution in [-0.4, -0.2) is 85.3 Å². The first kappa shape index (κ1) is 38.1. The number of nitrogens with one attached hydrogen (secondary N) is 4. The van der Waals surface area contributed by atoms with Gasteiger partial charge in [0.05, 0.1) is 29.5 Å². The molecule has 15 heteroatoms. The highest BCUT2D eigenvalue weighted by Gasteiger charge is 2.41. The van der Waals surface area contributed by atoms with Gasteiger partial charge in [-0.15, -0.1) is 12.4 Å².